The number of nitrogens with one attached hydrogen (secondary N) is 1. The fourth-order valence-corrected chi connectivity index (χ4v) is 4.98. The van der Waals surface area contributed by atoms with Crippen molar-refractivity contribution in [2.75, 3.05) is 7.11 Å². The Labute approximate surface area is 223 Å². The molecule has 1 unspecified atom stereocenters. The molecule has 3 aromatic carbocycles. The molecule has 0 saturated carbocycles. The lowest BCUT2D eigenvalue weighted by molar-refractivity contribution is -0.139. The maximum absolute atomic E-state index is 13.2. The standard InChI is InChI=1S/C28H24Cl2N2O5/c1-15(24(28(35)36)31-26(33)23-19(29)8-6-9-20(23)30)16-11-13-17(14-12-16)22-25(37-3)18-7-4-5-10-21(18)32(2)27(22)34/h4-15,24H,1-3H3,(H,31,33)(H,35,36)/t15?,24-/m0/s1. The number of nitrogens with zero attached hydrogens (tertiary/aromatic N) is 1. The Morgan fingerprint density at radius 1 is 0.973 bits per heavy atom. The van der Waals surface area contributed by atoms with E-state index in [-0.39, 0.29) is 21.2 Å². The first-order chi connectivity index (χ1) is 17.6. The Kier molecular flexibility index (Phi) is 7.57. The van der Waals surface area contributed by atoms with Crippen LogP contribution in [0.15, 0.2) is 71.5 Å². The van der Waals surface area contributed by atoms with Crippen LogP contribution in [0.1, 0.15) is 28.8 Å². The Morgan fingerprint density at radius 2 is 1.59 bits per heavy atom. The highest BCUT2D eigenvalue weighted by molar-refractivity contribution is 6.39. The maximum Gasteiger partial charge on any atom is 0.326 e. The number of carbonyl (C=O) groups is 2. The summed E-state index contributed by atoms with van der Waals surface area (Å²) in [4.78, 5) is 38.1. The second-order valence-corrected chi connectivity index (χ2v) is 9.40. The summed E-state index contributed by atoms with van der Waals surface area (Å²) in [6.45, 7) is 1.69. The molecule has 2 N–H and O–H groups in total. The lowest BCUT2D eigenvalue weighted by Gasteiger charge is -2.23. The highest BCUT2D eigenvalue weighted by Crippen LogP contribution is 2.34. The number of ether oxygens (including phenoxy) is 1. The molecule has 7 nitrogen and oxygen atoms in total. The van der Waals surface area contributed by atoms with Crippen molar-refractivity contribution in [2.24, 2.45) is 7.05 Å². The number of amides is 1. The van der Waals surface area contributed by atoms with Crippen molar-refractivity contribution in [2.45, 2.75) is 18.9 Å². The van der Waals surface area contributed by atoms with Gasteiger partial charge in [0, 0.05) is 18.4 Å². The van der Waals surface area contributed by atoms with Crippen LogP contribution in [0.4, 0.5) is 0 Å². The van der Waals surface area contributed by atoms with Gasteiger partial charge in [0.05, 0.1) is 33.8 Å². The number of methoxy groups -OCH3 is 1. The molecule has 9 heteroatoms. The van der Waals surface area contributed by atoms with Gasteiger partial charge in [-0.25, -0.2) is 4.79 Å². The predicted octanol–water partition coefficient (Wildman–Crippen LogP) is 5.51. The molecule has 37 heavy (non-hydrogen) atoms. The molecule has 0 fully saturated rings. The van der Waals surface area contributed by atoms with Gasteiger partial charge < -0.3 is 19.7 Å². The summed E-state index contributed by atoms with van der Waals surface area (Å²) in [5.41, 5.74) is 2.22. The lowest BCUT2D eigenvalue weighted by Crippen LogP contribution is -2.44. The van der Waals surface area contributed by atoms with Crippen LogP contribution in [0.25, 0.3) is 22.0 Å². The Balaban J connectivity index is 1.68. The van der Waals surface area contributed by atoms with Crippen LogP contribution in [0, 0.1) is 0 Å². The third-order valence-corrected chi connectivity index (χ3v) is 7.06. The van der Waals surface area contributed by atoms with Crippen molar-refractivity contribution < 1.29 is 19.4 Å². The number of hydrogen-bond acceptors (Lipinski definition) is 4. The molecule has 2 atom stereocenters. The van der Waals surface area contributed by atoms with E-state index in [1.807, 2.05) is 24.3 Å². The van der Waals surface area contributed by atoms with Crippen molar-refractivity contribution in [1.82, 2.24) is 9.88 Å². The zero-order valence-electron chi connectivity index (χ0n) is 20.3. The van der Waals surface area contributed by atoms with Gasteiger partial charge in [0.1, 0.15) is 11.8 Å². The van der Waals surface area contributed by atoms with Gasteiger partial charge in [-0.15, -0.1) is 0 Å². The zero-order valence-corrected chi connectivity index (χ0v) is 21.8. The summed E-state index contributed by atoms with van der Waals surface area (Å²) in [5.74, 6) is -2.04. The number of pyridine rings is 1. The van der Waals surface area contributed by atoms with E-state index in [2.05, 4.69) is 5.32 Å². The van der Waals surface area contributed by atoms with Crippen molar-refractivity contribution in [3.8, 4) is 16.9 Å². The van der Waals surface area contributed by atoms with E-state index in [1.165, 1.54) is 19.2 Å². The van der Waals surface area contributed by atoms with Crippen LogP contribution < -0.4 is 15.6 Å². The predicted molar refractivity (Wildman–Crippen MR) is 145 cm³/mol. The molecule has 190 valence electrons. The number of aryl methyl sites for hydroxylation is 1. The van der Waals surface area contributed by atoms with Gasteiger partial charge in [-0.05, 0) is 35.4 Å². The Morgan fingerprint density at radius 3 is 2.19 bits per heavy atom. The molecule has 1 heterocycles. The molecule has 4 rings (SSSR count). The monoisotopic (exact) mass is 538 g/mol. The normalized spacial score (nSPS) is 12.7. The van der Waals surface area contributed by atoms with Crippen LogP contribution in [0.5, 0.6) is 5.75 Å². The summed E-state index contributed by atoms with van der Waals surface area (Å²) in [6.07, 6.45) is 0. The molecule has 0 aliphatic rings. The van der Waals surface area contributed by atoms with Crippen LogP contribution in [-0.4, -0.2) is 34.7 Å². The number of carboxylic acids is 1. The van der Waals surface area contributed by atoms with Gasteiger partial charge in [-0.2, -0.15) is 0 Å². The summed E-state index contributed by atoms with van der Waals surface area (Å²) >= 11 is 12.2. The number of carbonyl (C=O) groups excluding carboxylic acids is 1. The van der Waals surface area contributed by atoms with Crippen molar-refractivity contribution in [1.29, 1.82) is 0 Å². The molecule has 4 aromatic rings. The second-order valence-electron chi connectivity index (χ2n) is 8.59. The average Bonchev–Trinajstić information content (AvgIpc) is 2.88. The second kappa shape index (κ2) is 10.7. The lowest BCUT2D eigenvalue weighted by atomic mass is 9.91. The van der Waals surface area contributed by atoms with E-state index >= 15 is 0 Å². The zero-order chi connectivity index (χ0) is 26.9. The number of aromatic nitrogens is 1. The first-order valence-corrected chi connectivity index (χ1v) is 12.1. The number of benzene rings is 3. The summed E-state index contributed by atoms with van der Waals surface area (Å²) in [5, 5.41) is 13.4. The number of halogens is 2. The summed E-state index contributed by atoms with van der Waals surface area (Å²) < 4.78 is 7.21. The number of fused-ring (bicyclic) bond motifs is 1. The topological polar surface area (TPSA) is 97.6 Å². The molecule has 0 aliphatic heterocycles. The third kappa shape index (κ3) is 4.92. The van der Waals surface area contributed by atoms with E-state index in [0.29, 0.717) is 22.4 Å². The number of para-hydroxylation sites is 1. The van der Waals surface area contributed by atoms with Crippen LogP contribution >= 0.6 is 23.2 Å². The average molecular weight is 539 g/mol. The Bertz CT molecular complexity index is 1540. The minimum absolute atomic E-state index is 0.0128. The van der Waals surface area contributed by atoms with E-state index in [0.717, 1.165) is 10.9 Å². The SMILES string of the molecule is COc1c(-c2ccc(C(C)[C@H](NC(=O)c3c(Cl)cccc3Cl)C(=O)O)cc2)c(=O)n(C)c2ccccc12. The fourth-order valence-electron chi connectivity index (χ4n) is 4.41. The molecular weight excluding hydrogens is 515 g/mol. The van der Waals surface area contributed by atoms with Gasteiger partial charge in [-0.1, -0.05) is 72.6 Å². The number of hydrogen-bond donors (Lipinski definition) is 2. The van der Waals surface area contributed by atoms with E-state index in [1.54, 1.807) is 48.9 Å². The smallest absolute Gasteiger partial charge is 0.326 e. The first-order valence-electron chi connectivity index (χ1n) is 11.4. The van der Waals surface area contributed by atoms with Crippen LogP contribution in [0.2, 0.25) is 10.0 Å². The van der Waals surface area contributed by atoms with Gasteiger partial charge >= 0.3 is 5.97 Å². The molecule has 1 amide bonds. The van der Waals surface area contributed by atoms with E-state index in [4.69, 9.17) is 27.9 Å². The van der Waals surface area contributed by atoms with Gasteiger partial charge in [0.15, 0.2) is 0 Å². The molecule has 0 radical (unpaired) electrons. The fraction of sp³-hybridized carbons (Fsp3) is 0.179. The van der Waals surface area contributed by atoms with Crippen molar-refractivity contribution >= 4 is 46.0 Å². The van der Waals surface area contributed by atoms with E-state index < -0.39 is 23.8 Å². The molecule has 1 aromatic heterocycles. The third-order valence-electron chi connectivity index (χ3n) is 6.43. The number of rotatable bonds is 7. The molecule has 0 aliphatic carbocycles. The summed E-state index contributed by atoms with van der Waals surface area (Å²) in [7, 11) is 3.22. The maximum atomic E-state index is 13.2. The Hall–Kier alpha value is -3.81. The van der Waals surface area contributed by atoms with Crippen LogP contribution in [-0.2, 0) is 11.8 Å². The molecule has 0 saturated heterocycles. The molecular formula is C28H24Cl2N2O5. The van der Waals surface area contributed by atoms with Crippen molar-refractivity contribution in [3.05, 3.63) is 98.3 Å². The minimum atomic E-state index is -1.26. The highest BCUT2D eigenvalue weighted by Gasteiger charge is 2.29. The van der Waals surface area contributed by atoms with Gasteiger partial charge in [0.25, 0.3) is 11.5 Å². The van der Waals surface area contributed by atoms with Gasteiger partial charge in [-0.3, -0.25) is 9.59 Å². The minimum Gasteiger partial charge on any atom is -0.495 e. The van der Waals surface area contributed by atoms with E-state index in [9.17, 15) is 19.5 Å². The molecule has 0 spiro atoms. The van der Waals surface area contributed by atoms with Crippen molar-refractivity contribution in [3.63, 3.8) is 0 Å². The van der Waals surface area contributed by atoms with Gasteiger partial charge in [0.2, 0.25) is 0 Å². The summed E-state index contributed by atoms with van der Waals surface area (Å²) in [6, 6.07) is 17.8. The highest BCUT2D eigenvalue weighted by atomic mass is 35.5. The first kappa shape index (κ1) is 26.3. The quantitative estimate of drug-likeness (QED) is 0.323. The largest absolute Gasteiger partial charge is 0.495 e. The number of carboxylic acid groups (broad SMARTS) is 1. The van der Waals surface area contributed by atoms with Crippen LogP contribution in [0.3, 0.4) is 0 Å². The molecule has 0 bridgehead atoms. The number of aliphatic carboxylic acids is 1.